The summed E-state index contributed by atoms with van der Waals surface area (Å²) in [5.74, 6) is 1.01. The predicted octanol–water partition coefficient (Wildman–Crippen LogP) is 2.65. The van der Waals surface area contributed by atoms with E-state index in [4.69, 9.17) is 4.74 Å². The highest BCUT2D eigenvalue weighted by Gasteiger charge is 2.23. The molecular formula is C13H21BO. The van der Waals surface area contributed by atoms with E-state index in [2.05, 4.69) is 46.8 Å². The molecule has 0 radical (unpaired) electrons. The first kappa shape index (κ1) is 12.2. The highest BCUT2D eigenvalue weighted by atomic mass is 16.5. The second kappa shape index (κ2) is 4.74. The minimum Gasteiger partial charge on any atom is -0.496 e. The van der Waals surface area contributed by atoms with E-state index >= 15 is 0 Å². The summed E-state index contributed by atoms with van der Waals surface area (Å²) in [6.45, 7) is 6.64. The second-order valence-electron chi connectivity index (χ2n) is 4.84. The fraction of sp³-hybridized carbons (Fsp3) is 0.538. The van der Waals surface area contributed by atoms with Gasteiger partial charge in [-0.25, -0.2) is 0 Å². The maximum Gasteiger partial charge on any atom is 0.121 e. The van der Waals surface area contributed by atoms with Gasteiger partial charge in [0.2, 0.25) is 0 Å². The summed E-state index contributed by atoms with van der Waals surface area (Å²) in [6.07, 6.45) is 2.39. The standard InChI is InChI=1S/C13H21BO/c1-5-8-13(3,14)11-9-10(2)6-7-12(11)15-4/h6-7,9H,5,8,14H2,1-4H3. The van der Waals surface area contributed by atoms with E-state index in [1.54, 1.807) is 7.11 Å². The van der Waals surface area contributed by atoms with E-state index in [0.717, 1.165) is 5.75 Å². The van der Waals surface area contributed by atoms with E-state index in [1.807, 2.05) is 0 Å². The number of methoxy groups -OCH3 is 1. The molecule has 0 amide bonds. The van der Waals surface area contributed by atoms with E-state index in [1.165, 1.54) is 24.0 Å². The average molecular weight is 204 g/mol. The Hall–Kier alpha value is -0.915. The molecule has 0 spiro atoms. The topological polar surface area (TPSA) is 9.23 Å². The molecule has 1 nitrogen and oxygen atoms in total. The van der Waals surface area contributed by atoms with Gasteiger partial charge in [0.25, 0.3) is 0 Å². The first-order valence-electron chi connectivity index (χ1n) is 5.66. The maximum atomic E-state index is 5.43. The summed E-state index contributed by atoms with van der Waals surface area (Å²) >= 11 is 0. The van der Waals surface area contributed by atoms with E-state index in [0.29, 0.717) is 0 Å². The molecule has 0 aliphatic heterocycles. The predicted molar refractivity (Wildman–Crippen MR) is 68.5 cm³/mol. The minimum absolute atomic E-state index is 0.201. The van der Waals surface area contributed by atoms with Crippen LogP contribution in [-0.4, -0.2) is 15.0 Å². The molecule has 1 aromatic rings. The zero-order valence-electron chi connectivity index (χ0n) is 10.6. The Labute approximate surface area is 94.3 Å². The van der Waals surface area contributed by atoms with Crippen LogP contribution in [0, 0.1) is 6.92 Å². The molecular weight excluding hydrogens is 183 g/mol. The Balaban J connectivity index is 3.15. The lowest BCUT2D eigenvalue weighted by Gasteiger charge is -2.27. The van der Waals surface area contributed by atoms with Crippen LogP contribution in [0.25, 0.3) is 0 Å². The van der Waals surface area contributed by atoms with Crippen molar-refractivity contribution in [1.82, 2.24) is 0 Å². The number of rotatable bonds is 4. The lowest BCUT2D eigenvalue weighted by atomic mass is 9.62. The molecule has 1 rings (SSSR count). The van der Waals surface area contributed by atoms with Gasteiger partial charge < -0.3 is 4.74 Å². The Morgan fingerprint density at radius 2 is 2.07 bits per heavy atom. The van der Waals surface area contributed by atoms with Crippen LogP contribution < -0.4 is 4.74 Å². The normalized spacial score (nSPS) is 14.7. The summed E-state index contributed by atoms with van der Waals surface area (Å²) in [7, 11) is 4.03. The van der Waals surface area contributed by atoms with Crippen molar-refractivity contribution >= 4 is 7.85 Å². The van der Waals surface area contributed by atoms with Gasteiger partial charge in [-0.3, -0.25) is 0 Å². The number of hydrogen-bond donors (Lipinski definition) is 0. The molecule has 1 atom stereocenters. The largest absolute Gasteiger partial charge is 0.496 e. The third-order valence-corrected chi connectivity index (χ3v) is 2.96. The van der Waals surface area contributed by atoms with Crippen LogP contribution in [0.15, 0.2) is 18.2 Å². The van der Waals surface area contributed by atoms with Crippen molar-refractivity contribution < 1.29 is 4.74 Å². The molecule has 0 saturated heterocycles. The first-order valence-corrected chi connectivity index (χ1v) is 5.66. The maximum absolute atomic E-state index is 5.43. The van der Waals surface area contributed by atoms with Crippen molar-refractivity contribution in [3.8, 4) is 5.75 Å². The van der Waals surface area contributed by atoms with E-state index in [-0.39, 0.29) is 5.31 Å². The average Bonchev–Trinajstić information content (AvgIpc) is 2.17. The molecule has 0 saturated carbocycles. The minimum atomic E-state index is 0.201. The van der Waals surface area contributed by atoms with E-state index in [9.17, 15) is 0 Å². The molecule has 0 aliphatic carbocycles. The number of aryl methyl sites for hydroxylation is 1. The zero-order valence-corrected chi connectivity index (χ0v) is 10.6. The molecule has 0 aliphatic rings. The van der Waals surface area contributed by atoms with Gasteiger partial charge in [-0.1, -0.05) is 44.4 Å². The van der Waals surface area contributed by atoms with Crippen molar-refractivity contribution in [1.29, 1.82) is 0 Å². The SMILES string of the molecule is BC(C)(CCC)c1cc(C)ccc1OC. The van der Waals surface area contributed by atoms with Crippen molar-refractivity contribution in [2.24, 2.45) is 0 Å². The second-order valence-corrected chi connectivity index (χ2v) is 4.84. The highest BCUT2D eigenvalue weighted by molar-refractivity contribution is 6.15. The number of benzene rings is 1. The van der Waals surface area contributed by atoms with Crippen LogP contribution in [-0.2, 0) is 5.31 Å². The molecule has 0 N–H and O–H groups in total. The zero-order chi connectivity index (χ0) is 11.5. The number of hydrogen-bond acceptors (Lipinski definition) is 1. The van der Waals surface area contributed by atoms with Crippen molar-refractivity contribution in [3.63, 3.8) is 0 Å². The molecule has 2 heteroatoms. The highest BCUT2D eigenvalue weighted by Crippen LogP contribution is 2.33. The van der Waals surface area contributed by atoms with Crippen LogP contribution in [0.1, 0.15) is 37.8 Å². The van der Waals surface area contributed by atoms with Gasteiger partial charge in [0.15, 0.2) is 0 Å². The third kappa shape index (κ3) is 2.77. The van der Waals surface area contributed by atoms with Gasteiger partial charge in [-0.2, -0.15) is 0 Å². The van der Waals surface area contributed by atoms with Crippen LogP contribution in [0.2, 0.25) is 0 Å². The fourth-order valence-electron chi connectivity index (χ4n) is 2.11. The molecule has 0 heterocycles. The summed E-state index contributed by atoms with van der Waals surface area (Å²) in [4.78, 5) is 0. The summed E-state index contributed by atoms with van der Waals surface area (Å²) in [6, 6.07) is 6.42. The van der Waals surface area contributed by atoms with Crippen LogP contribution in [0.5, 0.6) is 5.75 Å². The van der Waals surface area contributed by atoms with E-state index < -0.39 is 0 Å². The van der Waals surface area contributed by atoms with Crippen LogP contribution in [0.3, 0.4) is 0 Å². The Morgan fingerprint density at radius 3 is 2.60 bits per heavy atom. The summed E-state index contributed by atoms with van der Waals surface area (Å²) in [5.41, 5.74) is 2.63. The van der Waals surface area contributed by atoms with Gasteiger partial charge in [0, 0.05) is 0 Å². The first-order chi connectivity index (χ1) is 7.01. The summed E-state index contributed by atoms with van der Waals surface area (Å²) in [5, 5.41) is 0.201. The number of ether oxygens (including phenoxy) is 1. The Morgan fingerprint density at radius 1 is 1.40 bits per heavy atom. The molecule has 0 bridgehead atoms. The molecule has 0 aromatic heterocycles. The van der Waals surface area contributed by atoms with Crippen LogP contribution in [0.4, 0.5) is 0 Å². The van der Waals surface area contributed by atoms with Crippen molar-refractivity contribution in [2.75, 3.05) is 7.11 Å². The lowest BCUT2D eigenvalue weighted by Crippen LogP contribution is -2.22. The molecule has 82 valence electrons. The smallest absolute Gasteiger partial charge is 0.121 e. The van der Waals surface area contributed by atoms with Gasteiger partial charge in [0.1, 0.15) is 13.6 Å². The van der Waals surface area contributed by atoms with Crippen LogP contribution >= 0.6 is 0 Å². The van der Waals surface area contributed by atoms with Gasteiger partial charge >= 0.3 is 0 Å². The van der Waals surface area contributed by atoms with Gasteiger partial charge in [0.05, 0.1) is 7.11 Å². The fourth-order valence-corrected chi connectivity index (χ4v) is 2.11. The Bertz CT molecular complexity index is 331. The monoisotopic (exact) mass is 204 g/mol. The quantitative estimate of drug-likeness (QED) is 0.685. The Kier molecular flexibility index (Phi) is 3.84. The molecule has 0 fully saturated rings. The van der Waals surface area contributed by atoms with Crippen molar-refractivity contribution in [2.45, 2.75) is 38.9 Å². The molecule has 1 unspecified atom stereocenters. The van der Waals surface area contributed by atoms with Gasteiger partial charge in [-0.15, -0.1) is 0 Å². The van der Waals surface area contributed by atoms with Gasteiger partial charge in [-0.05, 0) is 23.9 Å². The molecule has 1 aromatic carbocycles. The lowest BCUT2D eigenvalue weighted by molar-refractivity contribution is 0.400. The third-order valence-electron chi connectivity index (χ3n) is 2.96. The summed E-state index contributed by atoms with van der Waals surface area (Å²) < 4.78 is 5.43. The van der Waals surface area contributed by atoms with Crippen molar-refractivity contribution in [3.05, 3.63) is 29.3 Å². The molecule has 15 heavy (non-hydrogen) atoms.